The number of nitrogens with one attached hydrogen (secondary N) is 1. The summed E-state index contributed by atoms with van der Waals surface area (Å²) >= 11 is 12.5. The lowest BCUT2D eigenvalue weighted by Crippen LogP contribution is -2.43. The van der Waals surface area contributed by atoms with E-state index in [-0.39, 0.29) is 11.9 Å². The first-order valence-electron chi connectivity index (χ1n) is 11.6. The molecular weight excluding hydrogens is 480 g/mol. The molecule has 4 aromatic rings. The van der Waals surface area contributed by atoms with Crippen LogP contribution in [0.1, 0.15) is 24.0 Å². The van der Waals surface area contributed by atoms with E-state index in [1.807, 2.05) is 60.4 Å². The number of halogens is 2. The van der Waals surface area contributed by atoms with Crippen LogP contribution in [0.5, 0.6) is 0 Å². The van der Waals surface area contributed by atoms with Gasteiger partial charge in [0.1, 0.15) is 13.7 Å². The van der Waals surface area contributed by atoms with Crippen LogP contribution in [0, 0.1) is 6.92 Å². The van der Waals surface area contributed by atoms with E-state index in [9.17, 15) is 4.79 Å². The van der Waals surface area contributed by atoms with Crippen molar-refractivity contribution in [2.24, 2.45) is 0 Å². The second kappa shape index (κ2) is 9.92. The van der Waals surface area contributed by atoms with Gasteiger partial charge in [-0.15, -0.1) is 0 Å². The molecule has 0 spiro atoms. The van der Waals surface area contributed by atoms with Gasteiger partial charge in [-0.2, -0.15) is 9.61 Å². The Balaban J connectivity index is 1.30. The fraction of sp³-hybridized carbons (Fsp3) is 0.269. The molecule has 1 fully saturated rings. The van der Waals surface area contributed by atoms with Gasteiger partial charge in [0.05, 0.1) is 12.1 Å². The van der Waals surface area contributed by atoms with E-state index in [1.54, 1.807) is 10.7 Å². The van der Waals surface area contributed by atoms with Crippen molar-refractivity contribution >= 4 is 53.9 Å². The molecule has 2 radical (unpaired) electrons. The molecule has 1 aliphatic heterocycles. The summed E-state index contributed by atoms with van der Waals surface area (Å²) < 4.78 is 1.72. The summed E-state index contributed by atoms with van der Waals surface area (Å²) in [5, 5.41) is 9.31. The van der Waals surface area contributed by atoms with Crippen LogP contribution in [0.2, 0.25) is 10.0 Å². The zero-order valence-corrected chi connectivity index (χ0v) is 20.9. The highest BCUT2D eigenvalue weighted by atomic mass is 35.5. The summed E-state index contributed by atoms with van der Waals surface area (Å²) in [6.45, 7) is 3.37. The third kappa shape index (κ3) is 5.02. The van der Waals surface area contributed by atoms with Crippen LogP contribution < -0.4 is 10.8 Å². The largest absolute Gasteiger partial charge is 0.367 e. The second-order valence-electron chi connectivity index (χ2n) is 8.89. The fourth-order valence-corrected chi connectivity index (χ4v) is 4.96. The Hall–Kier alpha value is -3.03. The highest BCUT2D eigenvalue weighted by Crippen LogP contribution is 2.29. The molecule has 1 N–H and O–H groups in total. The number of aryl methyl sites for hydroxylation is 1. The van der Waals surface area contributed by atoms with E-state index in [2.05, 4.69) is 10.4 Å². The molecule has 6 nitrogen and oxygen atoms in total. The molecule has 3 heterocycles. The number of carbonyl (C=O) groups excluding carboxylic acids is 1. The lowest BCUT2D eigenvalue weighted by atomic mass is 10.0. The van der Waals surface area contributed by atoms with E-state index >= 15 is 0 Å². The van der Waals surface area contributed by atoms with Crippen LogP contribution in [0.4, 0.5) is 5.82 Å². The Morgan fingerprint density at radius 3 is 2.66 bits per heavy atom. The van der Waals surface area contributed by atoms with Gasteiger partial charge in [0.15, 0.2) is 5.65 Å². The summed E-state index contributed by atoms with van der Waals surface area (Å²) in [4.78, 5) is 19.5. The first-order chi connectivity index (χ1) is 16.9. The number of fused-ring (bicyclic) bond motifs is 1. The predicted molar refractivity (Wildman–Crippen MR) is 142 cm³/mol. The van der Waals surface area contributed by atoms with Gasteiger partial charge in [-0.05, 0) is 54.6 Å². The van der Waals surface area contributed by atoms with E-state index in [0.29, 0.717) is 40.7 Å². The standard InChI is InChI=1S/C26H24BCl2N5O/c1-16-12-18(28)7-6-17(16)13-25(35)33-10-8-19(9-11-33)31-24-14-23(20-4-2-3-5-22(20)29)32-26-21(27)15-30-34(24)26/h2-7,12,14-15,19,31H,8-11,13H2,1H3. The van der Waals surface area contributed by atoms with Crippen LogP contribution >= 0.6 is 23.2 Å². The van der Waals surface area contributed by atoms with Crippen molar-refractivity contribution in [3.05, 3.63) is 75.9 Å². The first-order valence-corrected chi connectivity index (χ1v) is 12.3. The SMILES string of the molecule is [B]c1cnn2c(NC3CCN(C(=O)Cc4ccc(Cl)cc4C)CC3)cc(-c3ccccc3Cl)nc12. The summed E-state index contributed by atoms with van der Waals surface area (Å²) in [7, 11) is 6.14. The van der Waals surface area contributed by atoms with Crippen molar-refractivity contribution in [1.82, 2.24) is 19.5 Å². The van der Waals surface area contributed by atoms with Gasteiger partial charge in [-0.1, -0.05) is 47.5 Å². The average molecular weight is 504 g/mol. The van der Waals surface area contributed by atoms with Crippen LogP contribution in [-0.2, 0) is 11.2 Å². The Labute approximate surface area is 215 Å². The Morgan fingerprint density at radius 1 is 1.14 bits per heavy atom. The predicted octanol–water partition coefficient (Wildman–Crippen LogP) is 4.45. The van der Waals surface area contributed by atoms with Gasteiger partial charge >= 0.3 is 0 Å². The maximum absolute atomic E-state index is 12.9. The Bertz CT molecular complexity index is 1400. The zero-order chi connectivity index (χ0) is 24.5. The van der Waals surface area contributed by atoms with Crippen molar-refractivity contribution in [1.29, 1.82) is 0 Å². The summed E-state index contributed by atoms with van der Waals surface area (Å²) in [6, 6.07) is 15.4. The van der Waals surface area contributed by atoms with Crippen molar-refractivity contribution in [2.75, 3.05) is 18.4 Å². The minimum Gasteiger partial charge on any atom is -0.367 e. The van der Waals surface area contributed by atoms with Crippen LogP contribution in [0.25, 0.3) is 16.9 Å². The quantitative estimate of drug-likeness (QED) is 0.408. The van der Waals surface area contributed by atoms with Gasteiger partial charge in [0, 0.05) is 47.0 Å². The number of nitrogens with zero attached hydrogens (tertiary/aromatic N) is 4. The molecule has 1 aliphatic rings. The van der Waals surface area contributed by atoms with Gasteiger partial charge in [-0.3, -0.25) is 4.79 Å². The molecule has 9 heteroatoms. The number of rotatable bonds is 5. The Kier molecular flexibility index (Phi) is 6.72. The number of anilines is 1. The molecule has 0 unspecified atom stereocenters. The first kappa shape index (κ1) is 23.7. The molecule has 176 valence electrons. The summed E-state index contributed by atoms with van der Waals surface area (Å²) in [6.07, 6.45) is 3.64. The van der Waals surface area contributed by atoms with Gasteiger partial charge in [0.25, 0.3) is 0 Å². The number of likely N-dealkylation sites (tertiary alicyclic amines) is 1. The second-order valence-corrected chi connectivity index (χ2v) is 9.73. The molecule has 5 rings (SSSR count). The number of hydrogen-bond donors (Lipinski definition) is 1. The molecule has 0 bridgehead atoms. The minimum absolute atomic E-state index is 0.140. The average Bonchev–Trinajstić information content (AvgIpc) is 3.22. The van der Waals surface area contributed by atoms with E-state index in [1.165, 1.54) is 0 Å². The molecule has 1 amide bonds. The molecular formula is C26H24BCl2N5O. The monoisotopic (exact) mass is 503 g/mol. The number of benzene rings is 2. The number of aromatic nitrogens is 3. The highest BCUT2D eigenvalue weighted by Gasteiger charge is 2.24. The van der Waals surface area contributed by atoms with Gasteiger partial charge in [0.2, 0.25) is 5.91 Å². The number of hydrogen-bond acceptors (Lipinski definition) is 4. The third-order valence-electron chi connectivity index (χ3n) is 6.49. The summed E-state index contributed by atoms with van der Waals surface area (Å²) in [5.41, 5.74) is 4.69. The summed E-state index contributed by atoms with van der Waals surface area (Å²) in [5.74, 6) is 0.934. The molecule has 2 aromatic heterocycles. The smallest absolute Gasteiger partial charge is 0.227 e. The minimum atomic E-state index is 0.140. The van der Waals surface area contributed by atoms with Gasteiger partial charge < -0.3 is 10.2 Å². The number of piperidine rings is 1. The van der Waals surface area contributed by atoms with Crippen molar-refractivity contribution in [2.45, 2.75) is 32.2 Å². The third-order valence-corrected chi connectivity index (χ3v) is 7.06. The van der Waals surface area contributed by atoms with Crippen LogP contribution in [0.15, 0.2) is 54.7 Å². The van der Waals surface area contributed by atoms with Crippen molar-refractivity contribution < 1.29 is 4.79 Å². The van der Waals surface area contributed by atoms with E-state index in [4.69, 9.17) is 36.0 Å². The Morgan fingerprint density at radius 2 is 1.91 bits per heavy atom. The van der Waals surface area contributed by atoms with Crippen molar-refractivity contribution in [3.8, 4) is 11.3 Å². The molecule has 35 heavy (non-hydrogen) atoms. The van der Waals surface area contributed by atoms with Crippen LogP contribution in [-0.4, -0.2) is 52.4 Å². The molecule has 0 aliphatic carbocycles. The topological polar surface area (TPSA) is 62.5 Å². The molecule has 1 saturated heterocycles. The van der Waals surface area contributed by atoms with Crippen molar-refractivity contribution in [3.63, 3.8) is 0 Å². The molecule has 0 saturated carbocycles. The maximum atomic E-state index is 12.9. The van der Waals surface area contributed by atoms with E-state index in [0.717, 1.165) is 41.0 Å². The van der Waals surface area contributed by atoms with E-state index < -0.39 is 0 Å². The van der Waals surface area contributed by atoms with Crippen LogP contribution in [0.3, 0.4) is 0 Å². The fourth-order valence-electron chi connectivity index (χ4n) is 4.50. The lowest BCUT2D eigenvalue weighted by Gasteiger charge is -2.33. The lowest BCUT2D eigenvalue weighted by molar-refractivity contribution is -0.131. The maximum Gasteiger partial charge on any atom is 0.227 e. The molecule has 2 aromatic carbocycles. The normalized spacial score (nSPS) is 14.4. The zero-order valence-electron chi connectivity index (χ0n) is 19.3. The number of carbonyl (C=O) groups is 1. The molecule has 0 atom stereocenters. The van der Waals surface area contributed by atoms with Gasteiger partial charge in [-0.25, -0.2) is 4.98 Å². The number of amides is 1. The highest BCUT2D eigenvalue weighted by molar-refractivity contribution is 6.36.